The van der Waals surface area contributed by atoms with Gasteiger partial charge in [0.2, 0.25) is 0 Å². The molecule has 0 spiro atoms. The number of benzene rings is 1. The first-order valence-electron chi connectivity index (χ1n) is 6.52. The Kier molecular flexibility index (Phi) is 4.90. The molecule has 2 aromatic rings. The van der Waals surface area contributed by atoms with Gasteiger partial charge in [0.15, 0.2) is 11.5 Å². The predicted octanol–water partition coefficient (Wildman–Crippen LogP) is 2.19. The fraction of sp³-hybridized carbons (Fsp3) is 0.333. The number of hydrogen-bond acceptors (Lipinski definition) is 5. The van der Waals surface area contributed by atoms with Crippen molar-refractivity contribution >= 4 is 0 Å². The van der Waals surface area contributed by atoms with E-state index >= 15 is 0 Å². The Labute approximate surface area is 119 Å². The standard InChI is InChI=1S/C15H19N3O2/c1-4-16-14(15-17-8-5-9-18-15)11-6-7-12(19-2)13(10-11)20-3/h5-10,14,16H,4H2,1-3H3. The maximum absolute atomic E-state index is 5.35. The highest BCUT2D eigenvalue weighted by molar-refractivity contribution is 5.44. The lowest BCUT2D eigenvalue weighted by molar-refractivity contribution is 0.354. The monoisotopic (exact) mass is 273 g/mol. The normalized spacial score (nSPS) is 11.9. The molecular weight excluding hydrogens is 254 g/mol. The molecule has 106 valence electrons. The minimum absolute atomic E-state index is 0.0685. The van der Waals surface area contributed by atoms with Crippen molar-refractivity contribution in [3.8, 4) is 11.5 Å². The first-order chi connectivity index (χ1) is 9.80. The van der Waals surface area contributed by atoms with E-state index in [0.29, 0.717) is 11.5 Å². The molecule has 0 saturated heterocycles. The smallest absolute Gasteiger partial charge is 0.161 e. The molecule has 0 aliphatic carbocycles. The van der Waals surface area contributed by atoms with Crippen LogP contribution in [0.2, 0.25) is 0 Å². The summed E-state index contributed by atoms with van der Waals surface area (Å²) in [6.07, 6.45) is 3.49. The number of methoxy groups -OCH3 is 2. The molecule has 20 heavy (non-hydrogen) atoms. The van der Waals surface area contributed by atoms with E-state index in [4.69, 9.17) is 9.47 Å². The molecule has 0 fully saturated rings. The summed E-state index contributed by atoms with van der Waals surface area (Å²) < 4.78 is 10.6. The molecule has 0 saturated carbocycles. The topological polar surface area (TPSA) is 56.3 Å². The Morgan fingerprint density at radius 2 is 1.80 bits per heavy atom. The molecule has 0 amide bonds. The van der Waals surface area contributed by atoms with Gasteiger partial charge in [0, 0.05) is 12.4 Å². The SMILES string of the molecule is CCNC(c1ccc(OC)c(OC)c1)c1ncccn1. The largest absolute Gasteiger partial charge is 0.493 e. The number of nitrogens with one attached hydrogen (secondary N) is 1. The van der Waals surface area contributed by atoms with E-state index in [-0.39, 0.29) is 6.04 Å². The highest BCUT2D eigenvalue weighted by atomic mass is 16.5. The van der Waals surface area contributed by atoms with Gasteiger partial charge in [-0.25, -0.2) is 9.97 Å². The van der Waals surface area contributed by atoms with Gasteiger partial charge < -0.3 is 14.8 Å². The maximum Gasteiger partial charge on any atom is 0.161 e. The molecule has 1 aromatic carbocycles. The quantitative estimate of drug-likeness (QED) is 0.874. The highest BCUT2D eigenvalue weighted by Gasteiger charge is 2.17. The summed E-state index contributed by atoms with van der Waals surface area (Å²) in [4.78, 5) is 8.65. The first kappa shape index (κ1) is 14.3. The Hall–Kier alpha value is -2.14. The number of aromatic nitrogens is 2. The van der Waals surface area contributed by atoms with E-state index in [9.17, 15) is 0 Å². The van der Waals surface area contributed by atoms with Crippen LogP contribution in [0.1, 0.15) is 24.4 Å². The summed E-state index contributed by atoms with van der Waals surface area (Å²) in [6, 6.07) is 7.57. The van der Waals surface area contributed by atoms with Gasteiger partial charge in [-0.15, -0.1) is 0 Å². The third-order valence-corrected chi connectivity index (χ3v) is 2.99. The number of ether oxygens (including phenoxy) is 2. The minimum Gasteiger partial charge on any atom is -0.493 e. The van der Waals surface area contributed by atoms with Gasteiger partial charge in [0.1, 0.15) is 5.82 Å². The van der Waals surface area contributed by atoms with Crippen LogP contribution in [0.4, 0.5) is 0 Å². The van der Waals surface area contributed by atoms with Crippen molar-refractivity contribution < 1.29 is 9.47 Å². The molecule has 5 nitrogen and oxygen atoms in total. The van der Waals surface area contributed by atoms with Crippen LogP contribution in [0.5, 0.6) is 11.5 Å². The highest BCUT2D eigenvalue weighted by Crippen LogP contribution is 2.31. The Morgan fingerprint density at radius 1 is 1.10 bits per heavy atom. The van der Waals surface area contributed by atoms with Crippen LogP contribution >= 0.6 is 0 Å². The van der Waals surface area contributed by atoms with E-state index in [1.54, 1.807) is 32.7 Å². The molecule has 1 unspecified atom stereocenters. The zero-order valence-corrected chi connectivity index (χ0v) is 12.0. The van der Waals surface area contributed by atoms with Crippen LogP contribution in [-0.4, -0.2) is 30.7 Å². The second kappa shape index (κ2) is 6.86. The summed E-state index contributed by atoms with van der Waals surface area (Å²) in [5, 5.41) is 3.38. The summed E-state index contributed by atoms with van der Waals surface area (Å²) in [5.41, 5.74) is 1.04. The first-order valence-corrected chi connectivity index (χ1v) is 6.52. The van der Waals surface area contributed by atoms with Gasteiger partial charge in [-0.05, 0) is 30.3 Å². The number of hydrogen-bond donors (Lipinski definition) is 1. The van der Waals surface area contributed by atoms with Crippen LogP contribution in [0.25, 0.3) is 0 Å². The molecule has 1 heterocycles. The minimum atomic E-state index is -0.0685. The van der Waals surface area contributed by atoms with Crippen LogP contribution in [0, 0.1) is 0 Å². The lowest BCUT2D eigenvalue weighted by Gasteiger charge is -2.18. The lowest BCUT2D eigenvalue weighted by atomic mass is 10.1. The molecule has 1 N–H and O–H groups in total. The summed E-state index contributed by atoms with van der Waals surface area (Å²) in [6.45, 7) is 2.87. The number of nitrogens with zero attached hydrogens (tertiary/aromatic N) is 2. The Bertz CT molecular complexity index is 546. The molecule has 0 aliphatic rings. The van der Waals surface area contributed by atoms with Crippen molar-refractivity contribution in [2.45, 2.75) is 13.0 Å². The van der Waals surface area contributed by atoms with Gasteiger partial charge in [0.25, 0.3) is 0 Å². The van der Waals surface area contributed by atoms with E-state index < -0.39 is 0 Å². The predicted molar refractivity (Wildman–Crippen MR) is 77.1 cm³/mol. The molecular formula is C15H19N3O2. The molecule has 0 aliphatic heterocycles. The van der Waals surface area contributed by atoms with Crippen LogP contribution in [-0.2, 0) is 0 Å². The summed E-state index contributed by atoms with van der Waals surface area (Å²) in [7, 11) is 3.25. The molecule has 1 atom stereocenters. The van der Waals surface area contributed by atoms with Crippen molar-refractivity contribution in [2.75, 3.05) is 20.8 Å². The van der Waals surface area contributed by atoms with Gasteiger partial charge in [-0.3, -0.25) is 0 Å². The van der Waals surface area contributed by atoms with Crippen molar-refractivity contribution in [3.63, 3.8) is 0 Å². The second-order valence-electron chi connectivity index (χ2n) is 4.21. The fourth-order valence-electron chi connectivity index (χ4n) is 2.05. The third kappa shape index (κ3) is 3.05. The average molecular weight is 273 g/mol. The van der Waals surface area contributed by atoms with Crippen molar-refractivity contribution in [2.24, 2.45) is 0 Å². The van der Waals surface area contributed by atoms with Gasteiger partial charge >= 0.3 is 0 Å². The van der Waals surface area contributed by atoms with Crippen LogP contribution < -0.4 is 14.8 Å². The van der Waals surface area contributed by atoms with Crippen molar-refractivity contribution in [1.82, 2.24) is 15.3 Å². The number of rotatable bonds is 6. The van der Waals surface area contributed by atoms with E-state index in [2.05, 4.69) is 22.2 Å². The van der Waals surface area contributed by atoms with Crippen molar-refractivity contribution in [3.05, 3.63) is 48.0 Å². The van der Waals surface area contributed by atoms with Crippen LogP contribution in [0.15, 0.2) is 36.7 Å². The van der Waals surface area contributed by atoms with Crippen LogP contribution in [0.3, 0.4) is 0 Å². The molecule has 0 bridgehead atoms. The Morgan fingerprint density at radius 3 is 2.40 bits per heavy atom. The maximum atomic E-state index is 5.35. The second-order valence-corrected chi connectivity index (χ2v) is 4.21. The third-order valence-electron chi connectivity index (χ3n) is 2.99. The Balaban J connectivity index is 2.39. The van der Waals surface area contributed by atoms with Gasteiger partial charge in [-0.1, -0.05) is 13.0 Å². The van der Waals surface area contributed by atoms with E-state index in [1.807, 2.05) is 18.2 Å². The lowest BCUT2D eigenvalue weighted by Crippen LogP contribution is -2.24. The zero-order valence-electron chi connectivity index (χ0n) is 12.0. The summed E-state index contributed by atoms with van der Waals surface area (Å²) >= 11 is 0. The average Bonchev–Trinajstić information content (AvgIpc) is 2.52. The molecule has 0 radical (unpaired) electrons. The van der Waals surface area contributed by atoms with E-state index in [1.165, 1.54) is 0 Å². The zero-order chi connectivity index (χ0) is 14.4. The molecule has 2 rings (SSSR count). The summed E-state index contributed by atoms with van der Waals surface area (Å²) in [5.74, 6) is 2.14. The van der Waals surface area contributed by atoms with Crippen molar-refractivity contribution in [1.29, 1.82) is 0 Å². The fourth-order valence-corrected chi connectivity index (χ4v) is 2.05. The van der Waals surface area contributed by atoms with Gasteiger partial charge in [0.05, 0.1) is 20.3 Å². The molecule has 5 heteroatoms. The van der Waals surface area contributed by atoms with E-state index in [0.717, 1.165) is 17.9 Å². The van der Waals surface area contributed by atoms with Gasteiger partial charge in [-0.2, -0.15) is 0 Å². The molecule has 1 aromatic heterocycles.